The lowest BCUT2D eigenvalue weighted by molar-refractivity contribution is -0.406. The smallest absolute Gasteiger partial charge is 0.224 e. The predicted molar refractivity (Wildman–Crippen MR) is 105 cm³/mol. The van der Waals surface area contributed by atoms with Crippen LogP contribution in [0.3, 0.4) is 0 Å². The molecule has 208 valence electrons. The molecule has 35 heavy (non-hydrogen) atoms. The van der Waals surface area contributed by atoms with E-state index in [1.807, 2.05) is 0 Å². The van der Waals surface area contributed by atoms with E-state index in [1.54, 1.807) is 0 Å². The monoisotopic (exact) mass is 522 g/mol. The molecular weight excluding hydrogens is 488 g/mol. The minimum atomic E-state index is -3.31. The Kier molecular flexibility index (Phi) is 10.7. The summed E-state index contributed by atoms with van der Waals surface area (Å²) in [6.45, 7) is -2.94. The first-order valence-corrected chi connectivity index (χ1v) is 10.6. The van der Waals surface area contributed by atoms with E-state index in [1.165, 1.54) is 0 Å². The lowest BCUT2D eigenvalue weighted by atomic mass is 9.85. The SMILES string of the molecule is OCC1OC(OC2C(CO)OC(O)(C(O)[C@H](O)[C@H](O)[C@H](O)[C@H](O)CO)C(O)C2O)C(O)C(O)C1O. The molecule has 0 bridgehead atoms. The number of ether oxygens (including phenoxy) is 3. The molecule has 14 N–H and O–H groups in total. The van der Waals surface area contributed by atoms with Gasteiger partial charge in [0, 0.05) is 0 Å². The summed E-state index contributed by atoms with van der Waals surface area (Å²) in [7, 11) is 0. The third kappa shape index (κ3) is 5.92. The Hall–Kier alpha value is -0.680. The van der Waals surface area contributed by atoms with E-state index in [0.29, 0.717) is 0 Å². The summed E-state index contributed by atoms with van der Waals surface area (Å²) in [5.74, 6) is -3.31. The molecule has 0 aliphatic carbocycles. The summed E-state index contributed by atoms with van der Waals surface area (Å²) in [4.78, 5) is 0. The zero-order valence-corrected chi connectivity index (χ0v) is 18.2. The van der Waals surface area contributed by atoms with Crippen molar-refractivity contribution in [3.63, 3.8) is 0 Å². The van der Waals surface area contributed by atoms with Gasteiger partial charge in [0.05, 0.1) is 19.8 Å². The number of rotatable bonds is 10. The van der Waals surface area contributed by atoms with Crippen LogP contribution in [0.1, 0.15) is 0 Å². The highest BCUT2D eigenvalue weighted by molar-refractivity contribution is 5.04. The fraction of sp³-hybridized carbons (Fsp3) is 1.00. The first-order valence-electron chi connectivity index (χ1n) is 10.6. The van der Waals surface area contributed by atoms with Gasteiger partial charge in [0.15, 0.2) is 6.29 Å². The van der Waals surface area contributed by atoms with Crippen molar-refractivity contribution in [2.45, 2.75) is 91.4 Å². The van der Waals surface area contributed by atoms with Gasteiger partial charge >= 0.3 is 0 Å². The molecule has 0 aromatic rings. The first kappa shape index (κ1) is 30.5. The third-order valence-corrected chi connectivity index (χ3v) is 6.14. The molecule has 2 rings (SSSR count). The van der Waals surface area contributed by atoms with Crippen LogP contribution < -0.4 is 0 Å². The van der Waals surface area contributed by atoms with Crippen LogP contribution in [0, 0.1) is 0 Å². The normalized spacial score (nSPS) is 44.9. The Morgan fingerprint density at radius 3 is 1.80 bits per heavy atom. The lowest BCUT2D eigenvalue weighted by Gasteiger charge is -2.51. The molecule has 11 unspecified atom stereocenters. The molecular formula is C18H34O17. The molecule has 0 radical (unpaired) electrons. The molecule has 0 aromatic carbocycles. The van der Waals surface area contributed by atoms with Gasteiger partial charge in [-0.2, -0.15) is 0 Å². The molecule has 15 atom stereocenters. The van der Waals surface area contributed by atoms with Crippen LogP contribution in [-0.2, 0) is 14.2 Å². The molecule has 2 aliphatic heterocycles. The Morgan fingerprint density at radius 2 is 1.29 bits per heavy atom. The van der Waals surface area contributed by atoms with E-state index in [0.717, 1.165) is 0 Å². The van der Waals surface area contributed by atoms with Gasteiger partial charge in [-0.25, -0.2) is 0 Å². The highest BCUT2D eigenvalue weighted by Crippen LogP contribution is 2.36. The molecule has 2 aliphatic rings. The van der Waals surface area contributed by atoms with Crippen LogP contribution in [0.25, 0.3) is 0 Å². The second-order valence-corrected chi connectivity index (χ2v) is 8.49. The molecule has 0 amide bonds. The summed E-state index contributed by atoms with van der Waals surface area (Å²) in [6.07, 6.45) is -29.1. The summed E-state index contributed by atoms with van der Waals surface area (Å²) in [6, 6.07) is 0. The number of aliphatic hydroxyl groups is 14. The Balaban J connectivity index is 2.22. The summed E-state index contributed by atoms with van der Waals surface area (Å²) in [5.41, 5.74) is 0. The maximum atomic E-state index is 10.7. The van der Waals surface area contributed by atoms with E-state index < -0.39 is 111 Å². The summed E-state index contributed by atoms with van der Waals surface area (Å²) < 4.78 is 15.5. The average molecular weight is 522 g/mol. The van der Waals surface area contributed by atoms with E-state index in [4.69, 9.17) is 19.3 Å². The Bertz CT molecular complexity index is 653. The highest BCUT2D eigenvalue weighted by Gasteiger charge is 2.60. The number of aliphatic hydroxyl groups excluding tert-OH is 13. The van der Waals surface area contributed by atoms with Crippen molar-refractivity contribution in [3.8, 4) is 0 Å². The second-order valence-electron chi connectivity index (χ2n) is 8.49. The quantitative estimate of drug-likeness (QED) is 0.127. The standard InChI is InChI=1S/C18H34O17/c19-1-4(22)7(23)9(25)11(27)15(30)18(32)16(31)13(29)14(6(3-21)35-18)34-17-12(28)10(26)8(24)5(2-20)33-17/h4-17,19-32H,1-3H2/t4-,5?,6?,7-,8?,9-,10?,11-,12?,13?,14?,15?,16?,17?,18?/m1/s1. The van der Waals surface area contributed by atoms with Crippen LogP contribution in [0.4, 0.5) is 0 Å². The fourth-order valence-corrected chi connectivity index (χ4v) is 3.88. The summed E-state index contributed by atoms with van der Waals surface area (Å²) >= 11 is 0. The van der Waals surface area contributed by atoms with E-state index >= 15 is 0 Å². The van der Waals surface area contributed by atoms with Crippen LogP contribution in [0.5, 0.6) is 0 Å². The minimum absolute atomic E-state index is 0.816. The maximum Gasteiger partial charge on any atom is 0.224 e. The van der Waals surface area contributed by atoms with E-state index in [-0.39, 0.29) is 0 Å². The van der Waals surface area contributed by atoms with Gasteiger partial charge in [-0.15, -0.1) is 0 Å². The van der Waals surface area contributed by atoms with Crippen molar-refractivity contribution in [1.29, 1.82) is 0 Å². The largest absolute Gasteiger partial charge is 0.394 e. The van der Waals surface area contributed by atoms with Crippen LogP contribution >= 0.6 is 0 Å². The van der Waals surface area contributed by atoms with Gasteiger partial charge in [-0.1, -0.05) is 0 Å². The predicted octanol–water partition coefficient (Wildman–Crippen LogP) is -9.23. The third-order valence-electron chi connectivity index (χ3n) is 6.14. The topological polar surface area (TPSA) is 311 Å². The highest BCUT2D eigenvalue weighted by atomic mass is 16.7. The van der Waals surface area contributed by atoms with E-state index in [2.05, 4.69) is 0 Å². The molecule has 17 nitrogen and oxygen atoms in total. The molecule has 0 spiro atoms. The van der Waals surface area contributed by atoms with Gasteiger partial charge in [-0.05, 0) is 0 Å². The molecule has 2 fully saturated rings. The zero-order chi connectivity index (χ0) is 26.8. The minimum Gasteiger partial charge on any atom is -0.394 e. The molecule has 2 saturated heterocycles. The first-order chi connectivity index (χ1) is 16.3. The number of hydrogen-bond donors (Lipinski definition) is 14. The molecule has 2 heterocycles. The van der Waals surface area contributed by atoms with Crippen molar-refractivity contribution in [3.05, 3.63) is 0 Å². The van der Waals surface area contributed by atoms with Crippen LogP contribution in [-0.4, -0.2) is 183 Å². The lowest BCUT2D eigenvalue weighted by Crippen LogP contribution is -2.73. The van der Waals surface area contributed by atoms with E-state index in [9.17, 15) is 66.4 Å². The van der Waals surface area contributed by atoms with Gasteiger partial charge in [-0.3, -0.25) is 0 Å². The molecule has 0 aromatic heterocycles. The number of hydrogen-bond acceptors (Lipinski definition) is 17. The second kappa shape index (κ2) is 12.2. The maximum absolute atomic E-state index is 10.7. The van der Waals surface area contributed by atoms with Crippen molar-refractivity contribution < 1.29 is 85.7 Å². The van der Waals surface area contributed by atoms with Gasteiger partial charge < -0.3 is 85.7 Å². The van der Waals surface area contributed by atoms with Crippen molar-refractivity contribution in [2.24, 2.45) is 0 Å². The zero-order valence-electron chi connectivity index (χ0n) is 18.2. The summed E-state index contributed by atoms with van der Waals surface area (Å²) in [5, 5.41) is 139. The van der Waals surface area contributed by atoms with Gasteiger partial charge in [0.1, 0.15) is 79.4 Å². The fourth-order valence-electron chi connectivity index (χ4n) is 3.88. The Labute approximate surface area is 197 Å². The van der Waals surface area contributed by atoms with Gasteiger partial charge in [0.25, 0.3) is 0 Å². The molecule has 17 heteroatoms. The Morgan fingerprint density at radius 1 is 0.714 bits per heavy atom. The van der Waals surface area contributed by atoms with Crippen molar-refractivity contribution in [2.75, 3.05) is 19.8 Å². The van der Waals surface area contributed by atoms with Crippen molar-refractivity contribution in [1.82, 2.24) is 0 Å². The van der Waals surface area contributed by atoms with Gasteiger partial charge in [0.2, 0.25) is 5.79 Å². The van der Waals surface area contributed by atoms with Crippen molar-refractivity contribution >= 4 is 0 Å². The van der Waals surface area contributed by atoms with Crippen LogP contribution in [0.2, 0.25) is 0 Å². The molecule has 0 saturated carbocycles. The average Bonchev–Trinajstić information content (AvgIpc) is 2.86. The van der Waals surface area contributed by atoms with Crippen LogP contribution in [0.15, 0.2) is 0 Å².